The van der Waals surface area contributed by atoms with Crippen LogP contribution in [0, 0.1) is 0 Å². The number of nitrogens with one attached hydrogen (secondary N) is 1. The van der Waals surface area contributed by atoms with E-state index in [0.29, 0.717) is 23.4 Å². The van der Waals surface area contributed by atoms with Gasteiger partial charge in [-0.2, -0.15) is 17.7 Å². The van der Waals surface area contributed by atoms with Gasteiger partial charge < -0.3 is 10.1 Å². The molecule has 4 rings (SSSR count). The minimum atomic E-state index is -4.61. The van der Waals surface area contributed by atoms with E-state index in [0.717, 1.165) is 11.3 Å². The zero-order valence-electron chi connectivity index (χ0n) is 12.3. The second kappa shape index (κ2) is 5.36. The number of ether oxygens (including phenoxy) is 1. The smallest absolute Gasteiger partial charge is 0.453 e. The molecule has 0 aliphatic carbocycles. The average molecular weight is 335 g/mol. The Morgan fingerprint density at radius 1 is 1.12 bits per heavy atom. The molecule has 24 heavy (non-hydrogen) atoms. The Bertz CT molecular complexity index is 892. The van der Waals surface area contributed by atoms with E-state index in [-0.39, 0.29) is 11.7 Å². The maximum Gasteiger partial charge on any atom is 0.453 e. The third-order valence-corrected chi connectivity index (χ3v) is 3.80. The molecular weight excluding hydrogens is 323 g/mol. The lowest BCUT2D eigenvalue weighted by molar-refractivity contribution is -0.146. The molecule has 2 aromatic heterocycles. The monoisotopic (exact) mass is 335 g/mol. The lowest BCUT2D eigenvalue weighted by Crippen LogP contribution is -2.21. The first-order valence-corrected chi connectivity index (χ1v) is 7.30. The predicted octanol–water partition coefficient (Wildman–Crippen LogP) is 3.08. The molecule has 1 atom stereocenters. The van der Waals surface area contributed by atoms with Crippen LogP contribution >= 0.6 is 0 Å². The summed E-state index contributed by atoms with van der Waals surface area (Å²) < 4.78 is 45.1. The standard InChI is InChI=1S/C15H12F3N5O/c16-15(17,18)14-21-20-13-6-5-12(22-23(13)14)19-10-7-8-24-11-4-2-1-3-9(10)11/h1-6,10H,7-8H2,(H,19,22)/t10-/m0/s1. The number of para-hydroxylation sites is 1. The van der Waals surface area contributed by atoms with E-state index < -0.39 is 12.0 Å². The summed E-state index contributed by atoms with van der Waals surface area (Å²) >= 11 is 0. The van der Waals surface area contributed by atoms with Crippen molar-refractivity contribution < 1.29 is 17.9 Å². The quantitative estimate of drug-likeness (QED) is 0.780. The highest BCUT2D eigenvalue weighted by Gasteiger charge is 2.37. The van der Waals surface area contributed by atoms with Crippen molar-refractivity contribution in [3.63, 3.8) is 0 Å². The summed E-state index contributed by atoms with van der Waals surface area (Å²) in [5.74, 6) is -0.0642. The zero-order chi connectivity index (χ0) is 16.7. The van der Waals surface area contributed by atoms with Gasteiger partial charge in [0.05, 0.1) is 12.6 Å². The second-order valence-corrected chi connectivity index (χ2v) is 5.38. The number of halogens is 3. The van der Waals surface area contributed by atoms with Crippen LogP contribution in [0.3, 0.4) is 0 Å². The van der Waals surface area contributed by atoms with Crippen molar-refractivity contribution >= 4 is 11.5 Å². The second-order valence-electron chi connectivity index (χ2n) is 5.38. The van der Waals surface area contributed by atoms with E-state index in [1.165, 1.54) is 6.07 Å². The van der Waals surface area contributed by atoms with Crippen LogP contribution in [-0.2, 0) is 6.18 Å². The Hall–Kier alpha value is -2.84. The Balaban J connectivity index is 1.69. The third-order valence-electron chi connectivity index (χ3n) is 3.80. The molecular formula is C15H12F3N5O. The number of nitrogens with zero attached hydrogens (tertiary/aromatic N) is 4. The Morgan fingerprint density at radius 2 is 1.96 bits per heavy atom. The molecule has 124 valence electrons. The number of fused-ring (bicyclic) bond motifs is 2. The number of hydrogen-bond acceptors (Lipinski definition) is 5. The average Bonchev–Trinajstić information content (AvgIpc) is 2.99. The van der Waals surface area contributed by atoms with Crippen LogP contribution in [-0.4, -0.2) is 26.4 Å². The van der Waals surface area contributed by atoms with Crippen molar-refractivity contribution in [1.82, 2.24) is 19.8 Å². The first-order valence-electron chi connectivity index (χ1n) is 7.30. The summed E-state index contributed by atoms with van der Waals surface area (Å²) in [5.41, 5.74) is 0.991. The largest absolute Gasteiger partial charge is 0.493 e. The molecule has 3 heterocycles. The van der Waals surface area contributed by atoms with E-state index in [1.807, 2.05) is 24.3 Å². The lowest BCUT2D eigenvalue weighted by atomic mass is 10.0. The van der Waals surface area contributed by atoms with Crippen LogP contribution in [0.4, 0.5) is 19.0 Å². The summed E-state index contributed by atoms with van der Waals surface area (Å²) in [6.45, 7) is 0.525. The number of anilines is 1. The van der Waals surface area contributed by atoms with Gasteiger partial charge >= 0.3 is 6.18 Å². The van der Waals surface area contributed by atoms with Gasteiger partial charge in [0.15, 0.2) is 5.65 Å². The highest BCUT2D eigenvalue weighted by atomic mass is 19.4. The van der Waals surface area contributed by atoms with E-state index in [4.69, 9.17) is 4.74 Å². The Morgan fingerprint density at radius 3 is 2.79 bits per heavy atom. The molecule has 0 radical (unpaired) electrons. The van der Waals surface area contributed by atoms with E-state index in [9.17, 15) is 13.2 Å². The van der Waals surface area contributed by atoms with Gasteiger partial charge in [-0.3, -0.25) is 0 Å². The van der Waals surface area contributed by atoms with E-state index in [2.05, 4.69) is 20.6 Å². The summed E-state index contributed by atoms with van der Waals surface area (Å²) in [4.78, 5) is 0. The molecule has 1 aliphatic heterocycles. The molecule has 0 saturated heterocycles. The fraction of sp³-hybridized carbons (Fsp3) is 0.267. The highest BCUT2D eigenvalue weighted by molar-refractivity contribution is 5.48. The molecule has 0 unspecified atom stereocenters. The molecule has 0 spiro atoms. The van der Waals surface area contributed by atoms with Crippen LogP contribution in [0.25, 0.3) is 5.65 Å². The Kier molecular flexibility index (Phi) is 3.29. The van der Waals surface area contributed by atoms with Gasteiger partial charge in [0.2, 0.25) is 0 Å². The zero-order valence-corrected chi connectivity index (χ0v) is 12.3. The number of hydrogen-bond donors (Lipinski definition) is 1. The van der Waals surface area contributed by atoms with Crippen molar-refractivity contribution in [2.75, 3.05) is 11.9 Å². The maximum atomic E-state index is 12.9. The van der Waals surface area contributed by atoms with Crippen LogP contribution in [0.15, 0.2) is 36.4 Å². The van der Waals surface area contributed by atoms with Crippen molar-refractivity contribution in [3.8, 4) is 5.75 Å². The topological polar surface area (TPSA) is 64.3 Å². The van der Waals surface area contributed by atoms with Crippen LogP contribution in [0.1, 0.15) is 23.9 Å². The molecule has 1 N–H and O–H groups in total. The van der Waals surface area contributed by atoms with Crippen LogP contribution < -0.4 is 10.1 Å². The minimum Gasteiger partial charge on any atom is -0.493 e. The molecule has 0 saturated carbocycles. The van der Waals surface area contributed by atoms with Gasteiger partial charge in [-0.25, -0.2) is 0 Å². The summed E-state index contributed by atoms with van der Waals surface area (Å²) in [5, 5.41) is 13.8. The van der Waals surface area contributed by atoms with Crippen LogP contribution in [0.2, 0.25) is 0 Å². The molecule has 0 fully saturated rings. The van der Waals surface area contributed by atoms with Crippen molar-refractivity contribution in [2.45, 2.75) is 18.6 Å². The third kappa shape index (κ3) is 2.51. The molecule has 6 nitrogen and oxygen atoms in total. The van der Waals surface area contributed by atoms with Gasteiger partial charge in [0.1, 0.15) is 11.6 Å². The summed E-state index contributed by atoms with van der Waals surface area (Å²) in [6, 6.07) is 10.5. The van der Waals surface area contributed by atoms with Gasteiger partial charge in [-0.05, 0) is 18.2 Å². The van der Waals surface area contributed by atoms with Gasteiger partial charge in [0.25, 0.3) is 5.82 Å². The fourth-order valence-corrected chi connectivity index (χ4v) is 2.71. The minimum absolute atomic E-state index is 0.0419. The molecule has 1 aliphatic rings. The van der Waals surface area contributed by atoms with Gasteiger partial charge in [-0.15, -0.1) is 15.3 Å². The number of rotatable bonds is 2. The molecule has 1 aromatic carbocycles. The first-order chi connectivity index (χ1) is 11.5. The SMILES string of the molecule is FC(F)(F)c1nnc2ccc(N[C@H]3CCOc4ccccc43)nn12. The summed E-state index contributed by atoms with van der Waals surface area (Å²) in [7, 11) is 0. The van der Waals surface area contributed by atoms with Crippen molar-refractivity contribution in [2.24, 2.45) is 0 Å². The van der Waals surface area contributed by atoms with Crippen molar-refractivity contribution in [3.05, 3.63) is 47.8 Å². The molecule has 0 amide bonds. The maximum absolute atomic E-state index is 12.9. The van der Waals surface area contributed by atoms with E-state index in [1.54, 1.807) is 6.07 Å². The number of alkyl halides is 3. The van der Waals surface area contributed by atoms with Crippen molar-refractivity contribution in [1.29, 1.82) is 0 Å². The molecule has 9 heteroatoms. The van der Waals surface area contributed by atoms with Crippen LogP contribution in [0.5, 0.6) is 5.75 Å². The van der Waals surface area contributed by atoms with E-state index >= 15 is 0 Å². The fourth-order valence-electron chi connectivity index (χ4n) is 2.71. The van der Waals surface area contributed by atoms with Gasteiger partial charge in [0, 0.05) is 12.0 Å². The van der Waals surface area contributed by atoms with Gasteiger partial charge in [-0.1, -0.05) is 18.2 Å². The highest BCUT2D eigenvalue weighted by Crippen LogP contribution is 2.34. The molecule has 3 aromatic rings. The number of benzene rings is 1. The Labute approximate surface area is 134 Å². The first kappa shape index (κ1) is 14.7. The predicted molar refractivity (Wildman–Crippen MR) is 78.7 cm³/mol. The summed E-state index contributed by atoms with van der Waals surface area (Å²) in [6.07, 6.45) is -3.93. The molecule has 0 bridgehead atoms. The number of aromatic nitrogens is 4. The lowest BCUT2D eigenvalue weighted by Gasteiger charge is -2.26. The normalized spacial score (nSPS) is 17.4.